The van der Waals surface area contributed by atoms with E-state index in [1.807, 2.05) is 23.1 Å². The molecular weight excluding hydrogens is 260 g/mol. The first-order chi connectivity index (χ1) is 10.2. The summed E-state index contributed by atoms with van der Waals surface area (Å²) < 4.78 is 0. The first kappa shape index (κ1) is 13.3. The molecule has 0 aromatic heterocycles. The molecule has 1 amide bonds. The van der Waals surface area contributed by atoms with Crippen molar-refractivity contribution in [3.05, 3.63) is 29.8 Å². The van der Waals surface area contributed by atoms with E-state index in [1.54, 1.807) is 0 Å². The lowest BCUT2D eigenvalue weighted by Crippen LogP contribution is -2.39. The minimum absolute atomic E-state index is 0.0766. The second-order valence-electron chi connectivity index (χ2n) is 7.14. The van der Waals surface area contributed by atoms with Crippen LogP contribution >= 0.6 is 0 Å². The van der Waals surface area contributed by atoms with E-state index in [2.05, 4.69) is 6.07 Å². The number of amides is 1. The molecule has 2 N–H and O–H groups in total. The molecule has 3 heteroatoms. The van der Waals surface area contributed by atoms with Crippen molar-refractivity contribution >= 4 is 11.6 Å². The van der Waals surface area contributed by atoms with Crippen LogP contribution in [0.1, 0.15) is 50.1 Å². The largest absolute Gasteiger partial charge is 0.324 e. The molecule has 2 fully saturated rings. The molecule has 0 radical (unpaired) electrons. The van der Waals surface area contributed by atoms with Crippen molar-refractivity contribution in [2.75, 3.05) is 11.4 Å². The van der Waals surface area contributed by atoms with Crippen LogP contribution in [0.3, 0.4) is 0 Å². The predicted octanol–water partition coefficient (Wildman–Crippen LogP) is 3.25. The number of carbonyl (C=O) groups excluding carboxylic acids is 1. The van der Waals surface area contributed by atoms with E-state index < -0.39 is 0 Å². The molecule has 1 aromatic rings. The summed E-state index contributed by atoms with van der Waals surface area (Å²) in [5, 5.41) is 0. The third-order valence-electron chi connectivity index (χ3n) is 5.91. The quantitative estimate of drug-likeness (QED) is 0.906. The summed E-state index contributed by atoms with van der Waals surface area (Å²) in [5.74, 6) is 2.68. The fourth-order valence-electron chi connectivity index (χ4n) is 4.81. The molecule has 21 heavy (non-hydrogen) atoms. The maximum absolute atomic E-state index is 12.8. The maximum Gasteiger partial charge on any atom is 0.227 e. The number of fused-ring (bicyclic) bond motifs is 3. The van der Waals surface area contributed by atoms with Crippen LogP contribution in [-0.2, 0) is 4.79 Å². The highest BCUT2D eigenvalue weighted by Crippen LogP contribution is 2.49. The molecule has 2 aliphatic carbocycles. The average molecular weight is 284 g/mol. The molecule has 4 unspecified atom stereocenters. The van der Waals surface area contributed by atoms with Gasteiger partial charge >= 0.3 is 0 Å². The van der Waals surface area contributed by atoms with Gasteiger partial charge in [0, 0.05) is 24.7 Å². The van der Waals surface area contributed by atoms with Gasteiger partial charge < -0.3 is 10.6 Å². The lowest BCUT2D eigenvalue weighted by atomic mass is 9.85. The molecule has 4 atom stereocenters. The normalized spacial score (nSPS) is 34.0. The number of nitrogens with zero attached hydrogens (tertiary/aromatic N) is 1. The Morgan fingerprint density at radius 2 is 2.05 bits per heavy atom. The first-order valence-corrected chi connectivity index (χ1v) is 8.37. The molecule has 1 aromatic carbocycles. The Hall–Kier alpha value is -1.35. The fraction of sp³-hybridized carbons (Fsp3) is 0.611. The van der Waals surface area contributed by atoms with E-state index in [0.29, 0.717) is 11.8 Å². The number of anilines is 1. The van der Waals surface area contributed by atoms with Crippen LogP contribution < -0.4 is 10.6 Å². The number of hydrogen-bond acceptors (Lipinski definition) is 2. The van der Waals surface area contributed by atoms with Crippen molar-refractivity contribution in [1.82, 2.24) is 0 Å². The molecule has 0 saturated heterocycles. The van der Waals surface area contributed by atoms with Crippen LogP contribution in [0.2, 0.25) is 0 Å². The van der Waals surface area contributed by atoms with E-state index in [1.165, 1.54) is 25.7 Å². The summed E-state index contributed by atoms with van der Waals surface area (Å²) in [4.78, 5) is 14.8. The summed E-state index contributed by atoms with van der Waals surface area (Å²) in [6.45, 7) is 0.776. The SMILES string of the molecule is NC1CCN(C(=O)CC2CC3CCC2C3)c2ccccc21. The van der Waals surface area contributed by atoms with E-state index in [0.717, 1.165) is 42.5 Å². The summed E-state index contributed by atoms with van der Waals surface area (Å²) in [5.41, 5.74) is 8.36. The maximum atomic E-state index is 12.8. The Kier molecular flexibility index (Phi) is 3.26. The molecule has 4 rings (SSSR count). The van der Waals surface area contributed by atoms with Crippen LogP contribution in [0, 0.1) is 17.8 Å². The Labute approximate surface area is 126 Å². The van der Waals surface area contributed by atoms with Crippen molar-refractivity contribution in [3.63, 3.8) is 0 Å². The third-order valence-corrected chi connectivity index (χ3v) is 5.91. The van der Waals surface area contributed by atoms with Gasteiger partial charge in [-0.1, -0.05) is 24.6 Å². The van der Waals surface area contributed by atoms with Gasteiger partial charge in [0.05, 0.1) is 0 Å². The predicted molar refractivity (Wildman–Crippen MR) is 83.9 cm³/mol. The number of hydrogen-bond donors (Lipinski definition) is 1. The Morgan fingerprint density at radius 1 is 1.19 bits per heavy atom. The van der Waals surface area contributed by atoms with Gasteiger partial charge in [0.15, 0.2) is 0 Å². The van der Waals surface area contributed by atoms with E-state index in [4.69, 9.17) is 5.73 Å². The van der Waals surface area contributed by atoms with Gasteiger partial charge in [0.2, 0.25) is 5.91 Å². The van der Waals surface area contributed by atoms with Gasteiger partial charge in [-0.2, -0.15) is 0 Å². The lowest BCUT2D eigenvalue weighted by Gasteiger charge is -2.34. The Morgan fingerprint density at radius 3 is 2.81 bits per heavy atom. The van der Waals surface area contributed by atoms with Gasteiger partial charge in [-0.15, -0.1) is 0 Å². The number of nitrogens with two attached hydrogens (primary N) is 1. The zero-order valence-corrected chi connectivity index (χ0v) is 12.5. The molecule has 1 aliphatic heterocycles. The molecule has 0 spiro atoms. The topological polar surface area (TPSA) is 46.3 Å². The second kappa shape index (κ2) is 5.13. The number of carbonyl (C=O) groups is 1. The van der Waals surface area contributed by atoms with Crippen molar-refractivity contribution in [2.45, 2.75) is 44.6 Å². The molecule has 3 nitrogen and oxygen atoms in total. The second-order valence-corrected chi connectivity index (χ2v) is 7.14. The van der Waals surface area contributed by atoms with Gasteiger partial charge in [0.1, 0.15) is 0 Å². The van der Waals surface area contributed by atoms with Crippen molar-refractivity contribution in [1.29, 1.82) is 0 Å². The highest BCUT2D eigenvalue weighted by atomic mass is 16.2. The molecular formula is C18H24N2O. The van der Waals surface area contributed by atoms with Gasteiger partial charge in [0.25, 0.3) is 0 Å². The molecule has 2 bridgehead atoms. The monoisotopic (exact) mass is 284 g/mol. The van der Waals surface area contributed by atoms with Crippen LogP contribution in [-0.4, -0.2) is 12.5 Å². The van der Waals surface area contributed by atoms with Crippen molar-refractivity contribution in [3.8, 4) is 0 Å². The highest BCUT2D eigenvalue weighted by Gasteiger charge is 2.41. The number of para-hydroxylation sites is 1. The third kappa shape index (κ3) is 2.28. The lowest BCUT2D eigenvalue weighted by molar-refractivity contribution is -0.120. The fourth-order valence-corrected chi connectivity index (χ4v) is 4.81. The Bertz CT molecular complexity index is 556. The standard InChI is InChI=1S/C18H24N2O/c19-16-7-8-20(17-4-2-1-3-15(16)17)18(21)11-14-10-12-5-6-13(14)9-12/h1-4,12-14,16H,5-11,19H2. The zero-order valence-electron chi connectivity index (χ0n) is 12.5. The summed E-state index contributed by atoms with van der Waals surface area (Å²) in [6, 6.07) is 8.22. The minimum atomic E-state index is 0.0766. The van der Waals surface area contributed by atoms with Crippen molar-refractivity contribution in [2.24, 2.45) is 23.5 Å². The zero-order chi connectivity index (χ0) is 14.4. The summed E-state index contributed by atoms with van der Waals surface area (Å²) in [7, 11) is 0. The van der Waals surface area contributed by atoms with Crippen LogP contribution in [0.5, 0.6) is 0 Å². The molecule has 112 valence electrons. The van der Waals surface area contributed by atoms with Gasteiger partial charge in [-0.05, 0) is 55.1 Å². The summed E-state index contributed by atoms with van der Waals surface area (Å²) in [6.07, 6.45) is 7.02. The minimum Gasteiger partial charge on any atom is -0.324 e. The van der Waals surface area contributed by atoms with Gasteiger partial charge in [-0.25, -0.2) is 0 Å². The van der Waals surface area contributed by atoms with Crippen LogP contribution in [0.25, 0.3) is 0 Å². The average Bonchev–Trinajstić information content (AvgIpc) is 3.10. The highest BCUT2D eigenvalue weighted by molar-refractivity contribution is 5.94. The molecule has 2 saturated carbocycles. The van der Waals surface area contributed by atoms with Gasteiger partial charge in [-0.3, -0.25) is 4.79 Å². The van der Waals surface area contributed by atoms with E-state index in [-0.39, 0.29) is 6.04 Å². The number of rotatable bonds is 2. The van der Waals surface area contributed by atoms with Crippen LogP contribution in [0.15, 0.2) is 24.3 Å². The molecule has 3 aliphatic rings. The van der Waals surface area contributed by atoms with Crippen LogP contribution in [0.4, 0.5) is 5.69 Å². The van der Waals surface area contributed by atoms with E-state index in [9.17, 15) is 4.79 Å². The summed E-state index contributed by atoms with van der Waals surface area (Å²) >= 11 is 0. The van der Waals surface area contributed by atoms with Crippen molar-refractivity contribution < 1.29 is 4.79 Å². The Balaban J connectivity index is 1.51. The molecule has 1 heterocycles. The smallest absolute Gasteiger partial charge is 0.227 e. The van der Waals surface area contributed by atoms with E-state index >= 15 is 0 Å². The first-order valence-electron chi connectivity index (χ1n) is 8.37. The number of benzene rings is 1.